The van der Waals surface area contributed by atoms with E-state index in [0.29, 0.717) is 29.8 Å². The number of aromatic nitrogens is 4. The van der Waals surface area contributed by atoms with E-state index >= 15 is 4.39 Å². The first-order valence-electron chi connectivity index (χ1n) is 11.5. The third-order valence-corrected chi connectivity index (χ3v) is 7.68. The zero-order valence-corrected chi connectivity index (χ0v) is 20.8. The molecule has 0 bridgehead atoms. The minimum atomic E-state index is -4.84. The van der Waals surface area contributed by atoms with Gasteiger partial charge in [-0.3, -0.25) is 14.6 Å². The molecule has 0 fully saturated rings. The van der Waals surface area contributed by atoms with E-state index in [1.165, 1.54) is 6.20 Å². The zero-order valence-electron chi connectivity index (χ0n) is 20.0. The van der Waals surface area contributed by atoms with Crippen molar-refractivity contribution < 1.29 is 30.8 Å². The average Bonchev–Trinajstić information content (AvgIpc) is 3.57. The maximum absolute atomic E-state index is 15.5. The first-order chi connectivity index (χ1) is 19.1. The molecule has 3 aromatic carbocycles. The number of rotatable bonds is 6. The van der Waals surface area contributed by atoms with Gasteiger partial charge in [0.25, 0.3) is 10.0 Å². The minimum Gasteiger partial charge on any atom is -0.345 e. The molecule has 6 aromatic rings. The van der Waals surface area contributed by atoms with Gasteiger partial charge in [0.15, 0.2) is 5.82 Å². The van der Waals surface area contributed by atoms with Crippen LogP contribution in [0.5, 0.6) is 0 Å². The van der Waals surface area contributed by atoms with Crippen LogP contribution in [-0.4, -0.2) is 34.4 Å². The molecule has 6 rings (SSSR count). The highest BCUT2D eigenvalue weighted by Gasteiger charge is 2.27. The molecular weight excluding hydrogens is 550 g/mol. The molecule has 13 heteroatoms. The highest BCUT2D eigenvalue weighted by atomic mass is 32.2. The molecule has 3 heterocycles. The lowest BCUT2D eigenvalue weighted by atomic mass is 9.99. The van der Waals surface area contributed by atoms with Crippen LogP contribution >= 0.6 is 0 Å². The normalized spacial score (nSPS) is 11.8. The van der Waals surface area contributed by atoms with Gasteiger partial charge in [-0.05, 0) is 54.1 Å². The molecule has 0 spiro atoms. The Morgan fingerprint density at radius 2 is 1.68 bits per heavy atom. The Kier molecular flexibility index (Phi) is 5.88. The van der Waals surface area contributed by atoms with Crippen LogP contribution in [0.4, 0.5) is 23.2 Å². The van der Waals surface area contributed by atoms with Crippen molar-refractivity contribution in [2.45, 2.75) is 4.90 Å². The summed E-state index contributed by atoms with van der Waals surface area (Å²) >= 11 is 0. The standard InChI is InChI=1S/C27H15F4N5O3S/c28-16-2-3-19(29)23(9-16)40(38,39)36-22-6-4-20(30)24(25(22)31)26(37)18-12-33-27-17(18)8-14(10-32-27)13-1-5-21-15(7-13)11-34-35-21/h1-12,36H,(H,32,33)(H,34,35). The third-order valence-electron chi connectivity index (χ3n) is 6.29. The summed E-state index contributed by atoms with van der Waals surface area (Å²) in [7, 11) is -4.84. The van der Waals surface area contributed by atoms with E-state index in [-0.39, 0.29) is 16.6 Å². The van der Waals surface area contributed by atoms with Crippen LogP contribution in [0.1, 0.15) is 15.9 Å². The van der Waals surface area contributed by atoms with Crippen molar-refractivity contribution in [3.63, 3.8) is 0 Å². The number of carbonyl (C=O) groups excluding carboxylic acids is 1. The monoisotopic (exact) mass is 565 g/mol. The van der Waals surface area contributed by atoms with Crippen molar-refractivity contribution in [2.75, 3.05) is 4.72 Å². The Hall–Kier alpha value is -5.04. The van der Waals surface area contributed by atoms with Crippen LogP contribution < -0.4 is 4.72 Å². The SMILES string of the molecule is O=C(c1c(F)ccc(NS(=O)(=O)c2cc(F)ccc2F)c1F)c1c[nH]c2ncc(-c3ccc4[nH]ncc4c3)cc12. The summed E-state index contributed by atoms with van der Waals surface area (Å²) in [5.74, 6) is -6.22. The van der Waals surface area contributed by atoms with Crippen LogP contribution in [0.3, 0.4) is 0 Å². The Balaban J connectivity index is 1.40. The van der Waals surface area contributed by atoms with Crippen molar-refractivity contribution in [2.24, 2.45) is 0 Å². The Morgan fingerprint density at radius 1 is 0.875 bits per heavy atom. The number of fused-ring (bicyclic) bond motifs is 2. The molecule has 0 unspecified atom stereocenters. The predicted molar refractivity (Wildman–Crippen MR) is 138 cm³/mol. The molecule has 8 nitrogen and oxygen atoms in total. The number of ketones is 1. The quantitative estimate of drug-likeness (QED) is 0.177. The van der Waals surface area contributed by atoms with Crippen LogP contribution in [0.2, 0.25) is 0 Å². The fourth-order valence-electron chi connectivity index (χ4n) is 4.33. The molecule has 0 aliphatic carbocycles. The summed E-state index contributed by atoms with van der Waals surface area (Å²) in [6.07, 6.45) is 4.45. The second-order valence-corrected chi connectivity index (χ2v) is 10.4. The highest BCUT2D eigenvalue weighted by Crippen LogP contribution is 2.31. The number of nitrogens with one attached hydrogen (secondary N) is 3. The largest absolute Gasteiger partial charge is 0.345 e. The number of hydrogen-bond donors (Lipinski definition) is 3. The van der Waals surface area contributed by atoms with E-state index in [2.05, 4.69) is 20.2 Å². The number of halogens is 4. The van der Waals surface area contributed by atoms with E-state index < -0.39 is 55.2 Å². The van der Waals surface area contributed by atoms with Gasteiger partial charge in [0.05, 0.1) is 23.0 Å². The van der Waals surface area contributed by atoms with Crippen molar-refractivity contribution in [3.05, 3.63) is 108 Å². The summed E-state index contributed by atoms with van der Waals surface area (Å²) in [6.45, 7) is 0. The summed E-state index contributed by atoms with van der Waals surface area (Å²) in [5, 5.41) is 7.93. The number of anilines is 1. The van der Waals surface area contributed by atoms with Crippen molar-refractivity contribution in [1.29, 1.82) is 0 Å². The fraction of sp³-hybridized carbons (Fsp3) is 0. The first-order valence-corrected chi connectivity index (χ1v) is 13.0. The number of benzene rings is 3. The Labute approximate surface area is 222 Å². The van der Waals surface area contributed by atoms with Crippen molar-refractivity contribution in [1.82, 2.24) is 20.2 Å². The molecule has 0 aliphatic rings. The molecule has 0 atom stereocenters. The maximum atomic E-state index is 15.5. The first kappa shape index (κ1) is 25.2. The van der Waals surface area contributed by atoms with Crippen LogP contribution in [-0.2, 0) is 10.0 Å². The van der Waals surface area contributed by atoms with E-state index in [4.69, 9.17) is 0 Å². The van der Waals surface area contributed by atoms with Crippen LogP contribution in [0.15, 0.2) is 78.1 Å². The third kappa shape index (κ3) is 4.25. The predicted octanol–water partition coefficient (Wildman–Crippen LogP) is 5.69. The smallest absolute Gasteiger partial charge is 0.265 e. The lowest BCUT2D eigenvalue weighted by molar-refractivity contribution is 0.103. The average molecular weight is 566 g/mol. The number of hydrogen-bond acceptors (Lipinski definition) is 5. The number of pyridine rings is 1. The fourth-order valence-corrected chi connectivity index (χ4v) is 5.48. The van der Waals surface area contributed by atoms with Gasteiger partial charge in [-0.25, -0.2) is 31.0 Å². The van der Waals surface area contributed by atoms with Gasteiger partial charge < -0.3 is 4.98 Å². The topological polar surface area (TPSA) is 121 Å². The molecule has 200 valence electrons. The molecule has 0 saturated carbocycles. The number of sulfonamides is 1. The van der Waals surface area contributed by atoms with Gasteiger partial charge in [0.2, 0.25) is 5.78 Å². The van der Waals surface area contributed by atoms with Crippen LogP contribution in [0.25, 0.3) is 33.1 Å². The lowest BCUT2D eigenvalue weighted by Gasteiger charge is -2.12. The van der Waals surface area contributed by atoms with E-state index in [9.17, 15) is 26.4 Å². The van der Waals surface area contributed by atoms with E-state index in [1.807, 2.05) is 18.2 Å². The van der Waals surface area contributed by atoms with Gasteiger partial charge in [-0.2, -0.15) is 5.10 Å². The number of H-pyrrole nitrogens is 2. The summed E-state index contributed by atoms with van der Waals surface area (Å²) in [4.78, 5) is 19.4. The summed E-state index contributed by atoms with van der Waals surface area (Å²) < 4.78 is 85.0. The molecule has 40 heavy (non-hydrogen) atoms. The van der Waals surface area contributed by atoms with Gasteiger partial charge >= 0.3 is 0 Å². The lowest BCUT2D eigenvalue weighted by Crippen LogP contribution is -2.17. The van der Waals surface area contributed by atoms with Gasteiger partial charge in [0.1, 0.15) is 28.0 Å². The molecule has 0 amide bonds. The molecule has 0 saturated heterocycles. The van der Waals surface area contributed by atoms with Gasteiger partial charge in [-0.15, -0.1) is 0 Å². The number of nitrogens with zero attached hydrogens (tertiary/aromatic N) is 2. The molecule has 0 radical (unpaired) electrons. The van der Waals surface area contributed by atoms with E-state index in [1.54, 1.807) is 23.2 Å². The number of aromatic amines is 2. The maximum Gasteiger partial charge on any atom is 0.265 e. The molecule has 0 aliphatic heterocycles. The molecular formula is C27H15F4N5O3S. The van der Waals surface area contributed by atoms with Gasteiger partial charge in [-0.1, -0.05) is 6.07 Å². The highest BCUT2D eigenvalue weighted by molar-refractivity contribution is 7.92. The van der Waals surface area contributed by atoms with Gasteiger partial charge in [0, 0.05) is 34.3 Å². The minimum absolute atomic E-state index is 0.122. The second-order valence-electron chi connectivity index (χ2n) is 8.79. The Bertz CT molecular complexity index is 2090. The van der Waals surface area contributed by atoms with Crippen LogP contribution in [0, 0.1) is 23.3 Å². The zero-order chi connectivity index (χ0) is 28.2. The van der Waals surface area contributed by atoms with E-state index in [0.717, 1.165) is 22.5 Å². The number of carbonyl (C=O) groups is 1. The second kappa shape index (κ2) is 9.31. The van der Waals surface area contributed by atoms with Crippen molar-refractivity contribution >= 4 is 43.4 Å². The summed E-state index contributed by atoms with van der Waals surface area (Å²) in [6, 6.07) is 10.2. The molecule has 3 aromatic heterocycles. The van der Waals surface area contributed by atoms with Crippen molar-refractivity contribution in [3.8, 4) is 11.1 Å². The summed E-state index contributed by atoms with van der Waals surface area (Å²) in [5.41, 5.74) is 0.451. The molecule has 3 N–H and O–H groups in total. The Morgan fingerprint density at radius 3 is 2.50 bits per heavy atom.